The lowest BCUT2D eigenvalue weighted by atomic mass is 10.1. The third kappa shape index (κ3) is 6.56. The number of sulfonamides is 1. The first kappa shape index (κ1) is 29.1. The van der Waals surface area contributed by atoms with Crippen LogP contribution >= 0.6 is 0 Å². The second-order valence-corrected chi connectivity index (χ2v) is 12.0. The van der Waals surface area contributed by atoms with Crippen molar-refractivity contribution in [3.63, 3.8) is 0 Å². The number of methoxy groups -OCH3 is 1. The zero-order chi connectivity index (χ0) is 29.9. The number of rotatable bonds is 12. The number of pyridine rings is 1. The number of ether oxygens (including phenoxy) is 1. The fourth-order valence-corrected chi connectivity index (χ4v) is 5.03. The molecule has 220 valence electrons. The molecule has 5 aromatic rings. The lowest BCUT2D eigenvalue weighted by Gasteiger charge is -2.12. The number of benzene rings is 1. The summed E-state index contributed by atoms with van der Waals surface area (Å²) in [4.78, 5) is 24.1. The maximum Gasteiger partial charge on any atom is 0.226 e. The molecule has 0 aliphatic carbocycles. The summed E-state index contributed by atoms with van der Waals surface area (Å²) in [7, 11) is 2.16. The predicted octanol–water partition coefficient (Wildman–Crippen LogP) is 1.80. The number of nitrogens with zero attached hydrogens (tertiary/aromatic N) is 7. The molecule has 0 bridgehead atoms. The van der Waals surface area contributed by atoms with Crippen molar-refractivity contribution in [3.8, 4) is 22.7 Å². The Morgan fingerprint density at radius 1 is 1.14 bits per heavy atom. The lowest BCUT2D eigenvalue weighted by molar-refractivity contribution is -0.120. The minimum absolute atomic E-state index is 0.0729. The van der Waals surface area contributed by atoms with Gasteiger partial charge in [-0.2, -0.15) is 10.2 Å². The van der Waals surface area contributed by atoms with Crippen LogP contribution in [0, 0.1) is 0 Å². The van der Waals surface area contributed by atoms with E-state index >= 15 is 0 Å². The van der Waals surface area contributed by atoms with Gasteiger partial charge in [-0.1, -0.05) is 6.07 Å². The van der Waals surface area contributed by atoms with Gasteiger partial charge in [-0.25, -0.2) is 27.3 Å². The van der Waals surface area contributed by atoms with Gasteiger partial charge in [-0.15, -0.1) is 0 Å². The third-order valence-corrected chi connectivity index (χ3v) is 7.31. The van der Waals surface area contributed by atoms with Crippen LogP contribution in [0.3, 0.4) is 0 Å². The number of hydrogen-bond acceptors (Lipinski definition) is 9. The Morgan fingerprint density at radius 3 is 2.74 bits per heavy atom. The predicted molar refractivity (Wildman–Crippen MR) is 159 cm³/mol. The van der Waals surface area contributed by atoms with Crippen LogP contribution in [-0.4, -0.2) is 89.1 Å². The van der Waals surface area contributed by atoms with E-state index in [2.05, 4.69) is 25.0 Å². The van der Waals surface area contributed by atoms with Crippen molar-refractivity contribution in [2.75, 3.05) is 40.6 Å². The number of aromatic nitrogens is 6. The molecule has 0 saturated heterocycles. The van der Waals surface area contributed by atoms with Crippen LogP contribution in [0.15, 0.2) is 55.1 Å². The molecule has 0 fully saturated rings. The Kier molecular flexibility index (Phi) is 8.47. The highest BCUT2D eigenvalue weighted by atomic mass is 32.2. The maximum atomic E-state index is 12.9. The van der Waals surface area contributed by atoms with E-state index in [1.807, 2.05) is 32.4 Å². The van der Waals surface area contributed by atoms with E-state index in [1.54, 1.807) is 46.0 Å². The number of fused-ring (bicyclic) bond motifs is 2. The summed E-state index contributed by atoms with van der Waals surface area (Å²) in [5.41, 5.74) is 4.67. The van der Waals surface area contributed by atoms with Gasteiger partial charge in [-0.3, -0.25) is 9.78 Å². The van der Waals surface area contributed by atoms with Crippen molar-refractivity contribution in [1.29, 1.82) is 0 Å². The van der Waals surface area contributed by atoms with E-state index < -0.39 is 10.0 Å². The summed E-state index contributed by atoms with van der Waals surface area (Å²) in [6.45, 7) is 1.55. The first-order valence-electron chi connectivity index (χ1n) is 13.3. The van der Waals surface area contributed by atoms with Gasteiger partial charge in [0.1, 0.15) is 11.4 Å². The standard InChI is InChI=1S/C28H33N9O4S/c1-35(2)11-5-9-29-27(38)15-23-20-17-31-22(21-18-32-36-12-6-10-30-28(21)36)14-25(20)37(34-23)24-8-7-19(13-26(24)41-3)16-33-42(4,39)40/h6-8,10,12-14,17-18,33H,5,9,11,15-16H2,1-4H3,(H,29,38). The normalized spacial score (nSPS) is 11.9. The number of amides is 1. The molecule has 0 spiro atoms. The van der Waals surface area contributed by atoms with Gasteiger partial charge < -0.3 is 15.0 Å². The third-order valence-electron chi connectivity index (χ3n) is 6.64. The zero-order valence-corrected chi connectivity index (χ0v) is 24.7. The van der Waals surface area contributed by atoms with Crippen LogP contribution in [0.25, 0.3) is 33.5 Å². The molecule has 2 N–H and O–H groups in total. The molecule has 5 rings (SSSR count). The summed E-state index contributed by atoms with van der Waals surface area (Å²) in [6.07, 6.45) is 8.96. The van der Waals surface area contributed by atoms with Crippen LogP contribution < -0.4 is 14.8 Å². The highest BCUT2D eigenvalue weighted by Crippen LogP contribution is 2.32. The molecule has 0 aliphatic rings. The number of hydrogen-bond donors (Lipinski definition) is 2. The first-order valence-corrected chi connectivity index (χ1v) is 15.2. The fraction of sp³-hybridized carbons (Fsp3) is 0.321. The molecule has 0 saturated carbocycles. The molecule has 4 aromatic heterocycles. The zero-order valence-electron chi connectivity index (χ0n) is 23.9. The van der Waals surface area contributed by atoms with E-state index in [1.165, 1.54) is 7.11 Å². The SMILES string of the molecule is COc1cc(CNS(C)(=O)=O)ccc1-n1nc(CC(=O)NCCCN(C)C)c2cnc(-c3cnn4cccnc34)cc21. The summed E-state index contributed by atoms with van der Waals surface area (Å²) in [6, 6.07) is 9.07. The van der Waals surface area contributed by atoms with Crippen molar-refractivity contribution >= 4 is 32.5 Å². The van der Waals surface area contributed by atoms with Gasteiger partial charge in [0.25, 0.3) is 0 Å². The Labute approximate surface area is 243 Å². The van der Waals surface area contributed by atoms with Gasteiger partial charge in [0.15, 0.2) is 5.65 Å². The quantitative estimate of drug-likeness (QED) is 0.207. The molecular formula is C28H33N9O4S. The minimum atomic E-state index is -3.36. The first-order chi connectivity index (χ1) is 20.1. The van der Waals surface area contributed by atoms with Crippen molar-refractivity contribution < 1.29 is 17.9 Å². The Bertz CT molecular complexity index is 1850. The molecule has 14 heteroatoms. The average Bonchev–Trinajstić information content (AvgIpc) is 3.55. The van der Waals surface area contributed by atoms with E-state index in [-0.39, 0.29) is 18.9 Å². The molecule has 0 unspecified atom stereocenters. The lowest BCUT2D eigenvalue weighted by Crippen LogP contribution is -2.28. The fourth-order valence-electron chi connectivity index (χ4n) is 4.60. The van der Waals surface area contributed by atoms with Crippen LogP contribution in [0.1, 0.15) is 17.7 Å². The Balaban J connectivity index is 1.55. The minimum Gasteiger partial charge on any atom is -0.494 e. The van der Waals surface area contributed by atoms with E-state index in [9.17, 15) is 13.2 Å². The molecule has 0 atom stereocenters. The summed E-state index contributed by atoms with van der Waals surface area (Å²) < 4.78 is 34.8. The Morgan fingerprint density at radius 2 is 1.98 bits per heavy atom. The maximum absolute atomic E-state index is 12.9. The smallest absolute Gasteiger partial charge is 0.226 e. The number of carbonyl (C=O) groups is 1. The van der Waals surface area contributed by atoms with Crippen molar-refractivity contribution in [1.82, 2.24) is 44.3 Å². The van der Waals surface area contributed by atoms with E-state index in [0.717, 1.165) is 35.7 Å². The van der Waals surface area contributed by atoms with Gasteiger partial charge >= 0.3 is 0 Å². The van der Waals surface area contributed by atoms with Gasteiger partial charge in [0, 0.05) is 37.1 Å². The molecule has 1 aromatic carbocycles. The van der Waals surface area contributed by atoms with Crippen molar-refractivity contribution in [2.45, 2.75) is 19.4 Å². The van der Waals surface area contributed by atoms with Crippen LogP contribution in [-0.2, 0) is 27.8 Å². The van der Waals surface area contributed by atoms with Gasteiger partial charge in [0.2, 0.25) is 15.9 Å². The average molecular weight is 592 g/mol. The molecule has 0 radical (unpaired) electrons. The molecule has 1 amide bonds. The van der Waals surface area contributed by atoms with Crippen molar-refractivity contribution in [2.24, 2.45) is 0 Å². The second kappa shape index (κ2) is 12.2. The molecule has 13 nitrogen and oxygen atoms in total. The van der Waals surface area contributed by atoms with Crippen molar-refractivity contribution in [3.05, 3.63) is 66.4 Å². The second-order valence-electron chi connectivity index (χ2n) is 10.2. The number of carbonyl (C=O) groups excluding carboxylic acids is 1. The Hall–Kier alpha value is -4.40. The molecule has 42 heavy (non-hydrogen) atoms. The molecule has 0 aliphatic heterocycles. The molecule has 4 heterocycles. The van der Waals surface area contributed by atoms with Gasteiger partial charge in [-0.05, 0) is 56.9 Å². The highest BCUT2D eigenvalue weighted by molar-refractivity contribution is 7.88. The van der Waals surface area contributed by atoms with Gasteiger partial charge in [0.05, 0.1) is 48.5 Å². The summed E-state index contributed by atoms with van der Waals surface area (Å²) in [5.74, 6) is 0.355. The highest BCUT2D eigenvalue weighted by Gasteiger charge is 2.20. The van der Waals surface area contributed by atoms with Crippen LogP contribution in [0.4, 0.5) is 0 Å². The van der Waals surface area contributed by atoms with E-state index in [0.29, 0.717) is 40.5 Å². The topological polar surface area (TPSA) is 149 Å². The van der Waals surface area contributed by atoms with Crippen LogP contribution in [0.5, 0.6) is 5.75 Å². The summed E-state index contributed by atoms with van der Waals surface area (Å²) >= 11 is 0. The monoisotopic (exact) mass is 591 g/mol. The molecular weight excluding hydrogens is 558 g/mol. The van der Waals surface area contributed by atoms with Crippen LogP contribution in [0.2, 0.25) is 0 Å². The van der Waals surface area contributed by atoms with E-state index in [4.69, 9.17) is 14.8 Å². The summed E-state index contributed by atoms with van der Waals surface area (Å²) in [5, 5.41) is 12.9. The largest absolute Gasteiger partial charge is 0.494 e. The number of nitrogens with one attached hydrogen (secondary N) is 2.